The summed E-state index contributed by atoms with van der Waals surface area (Å²) in [5, 5.41) is 0. The molecule has 0 aliphatic carbocycles. The van der Waals surface area contributed by atoms with Crippen LogP contribution in [0.15, 0.2) is 12.4 Å². The maximum Gasteiger partial charge on any atom is 0.410 e. The SMILES string of the molecule is Cc1c[n+](C)cc2c1CN(C(=O)OC(C)(C)C)CC2. The fourth-order valence-electron chi connectivity index (χ4n) is 2.45. The first kappa shape index (κ1) is 13.8. The Bertz CT molecular complexity index is 504. The molecular formula is C15H23N2O2+. The van der Waals surface area contributed by atoms with Crippen molar-refractivity contribution in [1.82, 2.24) is 4.90 Å². The second-order valence-electron chi connectivity index (χ2n) is 6.26. The minimum atomic E-state index is -0.435. The van der Waals surface area contributed by atoms with Crippen LogP contribution in [0.2, 0.25) is 0 Å². The van der Waals surface area contributed by atoms with Gasteiger partial charge in [0.25, 0.3) is 0 Å². The van der Waals surface area contributed by atoms with E-state index in [2.05, 4.69) is 23.9 Å². The van der Waals surface area contributed by atoms with E-state index in [1.807, 2.05) is 27.8 Å². The predicted octanol–water partition coefficient (Wildman–Crippen LogP) is 2.11. The predicted molar refractivity (Wildman–Crippen MR) is 72.7 cm³/mol. The van der Waals surface area contributed by atoms with Gasteiger partial charge in [0.05, 0.1) is 0 Å². The van der Waals surface area contributed by atoms with Crippen molar-refractivity contribution >= 4 is 6.09 Å². The third-order valence-electron chi connectivity index (χ3n) is 3.27. The summed E-state index contributed by atoms with van der Waals surface area (Å²) < 4.78 is 7.52. The molecule has 4 nitrogen and oxygen atoms in total. The number of aryl methyl sites for hydroxylation is 2. The summed E-state index contributed by atoms with van der Waals surface area (Å²) >= 11 is 0. The van der Waals surface area contributed by atoms with Gasteiger partial charge in [-0.3, -0.25) is 0 Å². The summed E-state index contributed by atoms with van der Waals surface area (Å²) in [5.74, 6) is 0. The van der Waals surface area contributed by atoms with Crippen LogP contribution in [0.1, 0.15) is 37.5 Å². The van der Waals surface area contributed by atoms with Crippen LogP contribution in [-0.4, -0.2) is 23.1 Å². The molecule has 1 aromatic heterocycles. The van der Waals surface area contributed by atoms with Gasteiger partial charge in [0.15, 0.2) is 12.4 Å². The zero-order valence-electron chi connectivity index (χ0n) is 12.5. The summed E-state index contributed by atoms with van der Waals surface area (Å²) in [7, 11) is 2.04. The van der Waals surface area contributed by atoms with E-state index in [0.29, 0.717) is 6.54 Å². The zero-order valence-corrected chi connectivity index (χ0v) is 12.5. The third-order valence-corrected chi connectivity index (χ3v) is 3.27. The van der Waals surface area contributed by atoms with Crippen LogP contribution in [0, 0.1) is 6.92 Å². The second kappa shape index (κ2) is 4.83. The van der Waals surface area contributed by atoms with Gasteiger partial charge in [-0.15, -0.1) is 0 Å². The highest BCUT2D eigenvalue weighted by molar-refractivity contribution is 5.68. The van der Waals surface area contributed by atoms with Gasteiger partial charge in [0, 0.05) is 24.2 Å². The molecule has 1 aromatic rings. The molecule has 2 rings (SSSR count). The van der Waals surface area contributed by atoms with E-state index in [1.165, 1.54) is 16.7 Å². The van der Waals surface area contributed by atoms with E-state index in [-0.39, 0.29) is 6.09 Å². The van der Waals surface area contributed by atoms with Crippen molar-refractivity contribution in [2.45, 2.75) is 46.3 Å². The molecule has 0 unspecified atom stereocenters. The van der Waals surface area contributed by atoms with Crippen molar-refractivity contribution in [2.24, 2.45) is 7.05 Å². The van der Waals surface area contributed by atoms with Gasteiger partial charge in [-0.1, -0.05) is 0 Å². The van der Waals surface area contributed by atoms with Gasteiger partial charge in [-0.05, 0) is 39.7 Å². The summed E-state index contributed by atoms with van der Waals surface area (Å²) in [5.41, 5.74) is 3.39. The van der Waals surface area contributed by atoms with Crippen molar-refractivity contribution in [2.75, 3.05) is 6.54 Å². The highest BCUT2D eigenvalue weighted by Gasteiger charge is 2.27. The van der Waals surface area contributed by atoms with E-state index in [9.17, 15) is 4.79 Å². The highest BCUT2D eigenvalue weighted by atomic mass is 16.6. The van der Waals surface area contributed by atoms with Crippen molar-refractivity contribution < 1.29 is 14.1 Å². The first-order valence-electron chi connectivity index (χ1n) is 6.72. The molecule has 19 heavy (non-hydrogen) atoms. The molecule has 0 N–H and O–H groups in total. The summed E-state index contributed by atoms with van der Waals surface area (Å²) in [6, 6.07) is 0. The van der Waals surface area contributed by atoms with Crippen molar-refractivity contribution in [3.8, 4) is 0 Å². The minimum absolute atomic E-state index is 0.217. The number of aromatic nitrogens is 1. The first-order chi connectivity index (χ1) is 8.76. The lowest BCUT2D eigenvalue weighted by molar-refractivity contribution is -0.672. The number of pyridine rings is 1. The molecule has 0 aromatic carbocycles. The van der Waals surface area contributed by atoms with Gasteiger partial charge in [0.2, 0.25) is 0 Å². The van der Waals surface area contributed by atoms with E-state index in [4.69, 9.17) is 4.74 Å². The van der Waals surface area contributed by atoms with E-state index >= 15 is 0 Å². The molecule has 4 heteroatoms. The summed E-state index contributed by atoms with van der Waals surface area (Å²) in [4.78, 5) is 13.9. The van der Waals surface area contributed by atoms with Crippen LogP contribution < -0.4 is 4.57 Å². The molecule has 0 fully saturated rings. The molecule has 0 atom stereocenters. The minimum Gasteiger partial charge on any atom is -0.444 e. The number of hydrogen-bond donors (Lipinski definition) is 0. The topological polar surface area (TPSA) is 33.4 Å². The Hall–Kier alpha value is -1.58. The lowest BCUT2D eigenvalue weighted by atomic mass is 9.98. The normalized spacial score (nSPS) is 15.1. The average Bonchev–Trinajstić information content (AvgIpc) is 2.25. The molecule has 2 heterocycles. The fourth-order valence-corrected chi connectivity index (χ4v) is 2.45. The molecule has 0 spiro atoms. The summed E-state index contributed by atoms with van der Waals surface area (Å²) in [6.07, 6.45) is 4.92. The number of fused-ring (bicyclic) bond motifs is 1. The molecule has 104 valence electrons. The summed E-state index contributed by atoms with van der Waals surface area (Å²) in [6.45, 7) is 9.16. The van der Waals surface area contributed by atoms with Crippen LogP contribution in [0.4, 0.5) is 4.79 Å². The molecule has 1 amide bonds. The number of carbonyl (C=O) groups is 1. The highest BCUT2D eigenvalue weighted by Crippen LogP contribution is 2.22. The molecule has 1 aliphatic heterocycles. The van der Waals surface area contributed by atoms with Gasteiger partial charge in [-0.25, -0.2) is 9.36 Å². The fraction of sp³-hybridized carbons (Fsp3) is 0.600. The Kier molecular flexibility index (Phi) is 3.52. The Balaban J connectivity index is 2.16. The number of amides is 1. The van der Waals surface area contributed by atoms with Crippen LogP contribution in [0.3, 0.4) is 0 Å². The van der Waals surface area contributed by atoms with E-state index in [1.54, 1.807) is 4.90 Å². The molecule has 0 radical (unpaired) electrons. The average molecular weight is 263 g/mol. The molecular weight excluding hydrogens is 240 g/mol. The number of hydrogen-bond acceptors (Lipinski definition) is 2. The standard InChI is InChI=1S/C15H23N2O2/c1-11-8-16(5)9-12-6-7-17(10-13(11)12)14(18)19-15(2,3)4/h8-9H,6-7,10H2,1-5H3/q+1. The van der Waals surface area contributed by atoms with Crippen molar-refractivity contribution in [3.05, 3.63) is 29.1 Å². The molecule has 0 bridgehead atoms. The lowest BCUT2D eigenvalue weighted by Gasteiger charge is -2.31. The molecule has 1 aliphatic rings. The van der Waals surface area contributed by atoms with Crippen LogP contribution in [0.25, 0.3) is 0 Å². The molecule has 0 saturated heterocycles. The van der Waals surface area contributed by atoms with Crippen molar-refractivity contribution in [1.29, 1.82) is 0 Å². The third kappa shape index (κ3) is 3.25. The Morgan fingerprint density at radius 3 is 2.68 bits per heavy atom. The Morgan fingerprint density at radius 2 is 2.05 bits per heavy atom. The van der Waals surface area contributed by atoms with Gasteiger partial charge in [0.1, 0.15) is 12.6 Å². The van der Waals surface area contributed by atoms with Crippen LogP contribution in [0.5, 0.6) is 0 Å². The first-order valence-corrected chi connectivity index (χ1v) is 6.72. The van der Waals surface area contributed by atoms with E-state index in [0.717, 1.165) is 13.0 Å². The maximum absolute atomic E-state index is 12.1. The zero-order chi connectivity index (χ0) is 14.2. The number of nitrogens with zero attached hydrogens (tertiary/aromatic N) is 2. The van der Waals surface area contributed by atoms with Gasteiger partial charge in [-0.2, -0.15) is 0 Å². The molecule has 0 saturated carbocycles. The largest absolute Gasteiger partial charge is 0.444 e. The monoisotopic (exact) mass is 263 g/mol. The van der Waals surface area contributed by atoms with Crippen molar-refractivity contribution in [3.63, 3.8) is 0 Å². The van der Waals surface area contributed by atoms with Crippen LogP contribution in [-0.2, 0) is 24.8 Å². The quantitative estimate of drug-likeness (QED) is 0.672. The maximum atomic E-state index is 12.1. The number of ether oxygens (including phenoxy) is 1. The van der Waals surface area contributed by atoms with Gasteiger partial charge >= 0.3 is 6.09 Å². The number of rotatable bonds is 0. The lowest BCUT2D eigenvalue weighted by Crippen LogP contribution is -2.41. The Morgan fingerprint density at radius 1 is 1.37 bits per heavy atom. The second-order valence-corrected chi connectivity index (χ2v) is 6.26. The Labute approximate surface area is 115 Å². The van der Waals surface area contributed by atoms with E-state index < -0.39 is 5.60 Å². The van der Waals surface area contributed by atoms with Crippen LogP contribution >= 0.6 is 0 Å². The number of carbonyl (C=O) groups excluding carboxylic acids is 1. The smallest absolute Gasteiger partial charge is 0.410 e. The van der Waals surface area contributed by atoms with Gasteiger partial charge < -0.3 is 9.64 Å².